The first-order chi connectivity index (χ1) is 7.11. The van der Waals surface area contributed by atoms with Gasteiger partial charge in [-0.2, -0.15) is 5.10 Å². The highest BCUT2D eigenvalue weighted by Crippen LogP contribution is 2.09. The molecule has 1 aromatic carbocycles. The van der Waals surface area contributed by atoms with Crippen LogP contribution in [-0.2, 0) is 0 Å². The number of nitrogen functional groups attached to an aromatic ring is 1. The minimum absolute atomic E-state index is 0.314. The van der Waals surface area contributed by atoms with Crippen molar-refractivity contribution < 1.29 is 4.79 Å². The molecule has 80 valence electrons. The summed E-state index contributed by atoms with van der Waals surface area (Å²) in [5.41, 5.74) is 8.87. The van der Waals surface area contributed by atoms with Gasteiger partial charge in [-0.25, -0.2) is 5.43 Å². The standard InChI is InChI=1S/C10H14N4O/c1-14(2)7-12-13-10(15)8-5-3-4-6-9(8)11/h3-7H,11H2,1-2H3,(H,13,15)/b12-7-. The number of anilines is 1. The van der Waals surface area contributed by atoms with E-state index in [1.807, 2.05) is 14.1 Å². The van der Waals surface area contributed by atoms with E-state index >= 15 is 0 Å². The summed E-state index contributed by atoms with van der Waals surface area (Å²) in [4.78, 5) is 13.2. The Kier molecular flexibility index (Phi) is 3.68. The third-order valence-electron chi connectivity index (χ3n) is 1.66. The van der Waals surface area contributed by atoms with Crippen LogP contribution in [0.4, 0.5) is 5.69 Å². The molecule has 0 atom stereocenters. The van der Waals surface area contributed by atoms with Gasteiger partial charge in [-0.1, -0.05) is 12.1 Å². The van der Waals surface area contributed by atoms with Crippen LogP contribution < -0.4 is 11.2 Å². The molecule has 0 heterocycles. The number of nitrogens with one attached hydrogen (secondary N) is 1. The summed E-state index contributed by atoms with van der Waals surface area (Å²) in [7, 11) is 3.62. The zero-order chi connectivity index (χ0) is 11.3. The van der Waals surface area contributed by atoms with Crippen molar-refractivity contribution in [2.24, 2.45) is 5.10 Å². The average molecular weight is 206 g/mol. The fourth-order valence-corrected chi connectivity index (χ4v) is 0.967. The monoisotopic (exact) mass is 206 g/mol. The maximum Gasteiger partial charge on any atom is 0.273 e. The number of carbonyl (C=O) groups is 1. The number of rotatable bonds is 3. The molecule has 0 aliphatic heterocycles. The Morgan fingerprint density at radius 3 is 2.73 bits per heavy atom. The van der Waals surface area contributed by atoms with Crippen molar-refractivity contribution in [1.82, 2.24) is 10.3 Å². The molecular formula is C10H14N4O. The SMILES string of the molecule is CN(C)/C=N\NC(=O)c1ccccc1N. The Hall–Kier alpha value is -2.04. The minimum Gasteiger partial charge on any atom is -0.398 e. The van der Waals surface area contributed by atoms with Crippen LogP contribution in [0.1, 0.15) is 10.4 Å². The lowest BCUT2D eigenvalue weighted by molar-refractivity contribution is 0.0955. The molecule has 0 unspecified atom stereocenters. The van der Waals surface area contributed by atoms with Crippen molar-refractivity contribution in [1.29, 1.82) is 0 Å². The van der Waals surface area contributed by atoms with Crippen LogP contribution in [0.15, 0.2) is 29.4 Å². The normalized spacial score (nSPS) is 10.3. The lowest BCUT2D eigenvalue weighted by atomic mass is 10.2. The second-order valence-corrected chi connectivity index (χ2v) is 3.24. The van der Waals surface area contributed by atoms with E-state index in [0.717, 1.165) is 0 Å². The number of benzene rings is 1. The Bertz CT molecular complexity index is 373. The second kappa shape index (κ2) is 4.99. The zero-order valence-electron chi connectivity index (χ0n) is 8.77. The van der Waals surface area contributed by atoms with Gasteiger partial charge in [-0.3, -0.25) is 4.79 Å². The van der Waals surface area contributed by atoms with Crippen LogP contribution in [0.2, 0.25) is 0 Å². The third-order valence-corrected chi connectivity index (χ3v) is 1.66. The first-order valence-corrected chi connectivity index (χ1v) is 4.45. The molecule has 5 heteroatoms. The fourth-order valence-electron chi connectivity index (χ4n) is 0.967. The van der Waals surface area contributed by atoms with Crippen LogP contribution in [-0.4, -0.2) is 31.2 Å². The molecule has 0 saturated heterocycles. The summed E-state index contributed by atoms with van der Waals surface area (Å²) < 4.78 is 0. The van der Waals surface area contributed by atoms with E-state index < -0.39 is 0 Å². The third kappa shape index (κ3) is 3.30. The van der Waals surface area contributed by atoms with Crippen molar-refractivity contribution in [3.8, 4) is 0 Å². The molecule has 0 radical (unpaired) electrons. The van der Waals surface area contributed by atoms with Gasteiger partial charge in [0.05, 0.1) is 5.56 Å². The number of hydrazone groups is 1. The van der Waals surface area contributed by atoms with Crippen LogP contribution >= 0.6 is 0 Å². The highest BCUT2D eigenvalue weighted by molar-refractivity contribution is 5.99. The van der Waals surface area contributed by atoms with Crippen molar-refractivity contribution in [3.05, 3.63) is 29.8 Å². The lowest BCUT2D eigenvalue weighted by Gasteiger charge is -2.04. The lowest BCUT2D eigenvalue weighted by Crippen LogP contribution is -2.21. The molecule has 5 nitrogen and oxygen atoms in total. The van der Waals surface area contributed by atoms with Gasteiger partial charge < -0.3 is 10.6 Å². The molecule has 1 amide bonds. The number of nitrogens with zero attached hydrogens (tertiary/aromatic N) is 2. The fraction of sp³-hybridized carbons (Fsp3) is 0.200. The first kappa shape index (κ1) is 11.0. The van der Waals surface area contributed by atoms with E-state index in [1.54, 1.807) is 29.2 Å². The molecule has 3 N–H and O–H groups in total. The van der Waals surface area contributed by atoms with Gasteiger partial charge in [0.1, 0.15) is 6.34 Å². The second-order valence-electron chi connectivity index (χ2n) is 3.24. The molecule has 15 heavy (non-hydrogen) atoms. The van der Waals surface area contributed by atoms with Crippen molar-refractivity contribution in [2.75, 3.05) is 19.8 Å². The quantitative estimate of drug-likeness (QED) is 0.327. The molecule has 0 aromatic heterocycles. The predicted octanol–water partition coefficient (Wildman–Crippen LogP) is 0.503. The van der Waals surface area contributed by atoms with Gasteiger partial charge in [0.15, 0.2) is 0 Å². The Morgan fingerprint density at radius 2 is 2.13 bits per heavy atom. The molecule has 0 spiro atoms. The first-order valence-electron chi connectivity index (χ1n) is 4.45. The Morgan fingerprint density at radius 1 is 1.47 bits per heavy atom. The van der Waals surface area contributed by atoms with Crippen molar-refractivity contribution >= 4 is 17.9 Å². The van der Waals surface area contributed by atoms with E-state index in [0.29, 0.717) is 11.3 Å². The Labute approximate surface area is 88.6 Å². The van der Waals surface area contributed by atoms with E-state index in [1.165, 1.54) is 6.34 Å². The average Bonchev–Trinajstić information content (AvgIpc) is 2.17. The maximum atomic E-state index is 11.5. The number of amides is 1. The van der Waals surface area contributed by atoms with E-state index in [-0.39, 0.29) is 5.91 Å². The summed E-state index contributed by atoms with van der Waals surface area (Å²) in [6, 6.07) is 6.84. The summed E-state index contributed by atoms with van der Waals surface area (Å²) in [6.07, 6.45) is 1.50. The van der Waals surface area contributed by atoms with E-state index in [2.05, 4.69) is 10.5 Å². The number of carbonyl (C=O) groups excluding carboxylic acids is 1. The summed E-state index contributed by atoms with van der Waals surface area (Å²) in [5, 5.41) is 3.73. The van der Waals surface area contributed by atoms with Crippen LogP contribution in [0.5, 0.6) is 0 Å². The molecule has 0 bridgehead atoms. The molecule has 0 fully saturated rings. The van der Waals surface area contributed by atoms with Crippen molar-refractivity contribution in [2.45, 2.75) is 0 Å². The van der Waals surface area contributed by atoms with Gasteiger partial charge in [-0.15, -0.1) is 0 Å². The Balaban J connectivity index is 2.66. The molecule has 1 aromatic rings. The maximum absolute atomic E-state index is 11.5. The number of hydrogen-bond acceptors (Lipinski definition) is 3. The molecule has 1 rings (SSSR count). The zero-order valence-corrected chi connectivity index (χ0v) is 8.77. The van der Waals surface area contributed by atoms with Gasteiger partial charge >= 0.3 is 0 Å². The largest absolute Gasteiger partial charge is 0.398 e. The van der Waals surface area contributed by atoms with Gasteiger partial charge in [-0.05, 0) is 12.1 Å². The van der Waals surface area contributed by atoms with E-state index in [4.69, 9.17) is 5.73 Å². The van der Waals surface area contributed by atoms with Gasteiger partial charge in [0.25, 0.3) is 5.91 Å². The molecular weight excluding hydrogens is 192 g/mol. The van der Waals surface area contributed by atoms with Crippen LogP contribution in [0.25, 0.3) is 0 Å². The predicted molar refractivity (Wildman–Crippen MR) is 60.5 cm³/mol. The number of hydrogen-bond donors (Lipinski definition) is 2. The number of nitrogens with two attached hydrogens (primary N) is 1. The van der Waals surface area contributed by atoms with Gasteiger partial charge in [0, 0.05) is 19.8 Å². The van der Waals surface area contributed by atoms with Crippen molar-refractivity contribution in [3.63, 3.8) is 0 Å². The molecule has 0 aliphatic rings. The number of para-hydroxylation sites is 1. The highest BCUT2D eigenvalue weighted by atomic mass is 16.2. The summed E-state index contributed by atoms with van der Waals surface area (Å²) in [6.45, 7) is 0. The smallest absolute Gasteiger partial charge is 0.273 e. The van der Waals surface area contributed by atoms with E-state index in [9.17, 15) is 4.79 Å². The van der Waals surface area contributed by atoms with Crippen LogP contribution in [0.3, 0.4) is 0 Å². The van der Waals surface area contributed by atoms with Crippen LogP contribution in [0, 0.1) is 0 Å². The van der Waals surface area contributed by atoms with Gasteiger partial charge in [0.2, 0.25) is 0 Å². The minimum atomic E-state index is -0.314. The summed E-state index contributed by atoms with van der Waals surface area (Å²) in [5.74, 6) is -0.314. The molecule has 0 saturated carbocycles. The summed E-state index contributed by atoms with van der Waals surface area (Å²) >= 11 is 0. The highest BCUT2D eigenvalue weighted by Gasteiger charge is 2.06. The molecule has 0 aliphatic carbocycles. The topological polar surface area (TPSA) is 70.7 Å².